The Labute approximate surface area is 184 Å². The van der Waals surface area contributed by atoms with Crippen molar-refractivity contribution < 1.29 is 4.79 Å². The van der Waals surface area contributed by atoms with E-state index in [-0.39, 0.29) is 17.9 Å². The van der Waals surface area contributed by atoms with Gasteiger partial charge in [0.1, 0.15) is 0 Å². The molecule has 2 heterocycles. The third-order valence-electron chi connectivity index (χ3n) is 6.07. The van der Waals surface area contributed by atoms with Gasteiger partial charge in [-0.1, -0.05) is 59.7 Å². The molecule has 1 unspecified atom stereocenters. The second-order valence-electron chi connectivity index (χ2n) is 8.54. The summed E-state index contributed by atoms with van der Waals surface area (Å²) in [5.74, 6) is 0.919. The molecule has 31 heavy (non-hydrogen) atoms. The van der Waals surface area contributed by atoms with Crippen molar-refractivity contribution in [2.75, 3.05) is 18.0 Å². The molecule has 0 aliphatic carbocycles. The molecule has 3 aromatic rings. The van der Waals surface area contributed by atoms with E-state index in [1.807, 2.05) is 25.4 Å². The van der Waals surface area contributed by atoms with Gasteiger partial charge in [-0.15, -0.1) is 0 Å². The van der Waals surface area contributed by atoms with Crippen molar-refractivity contribution in [3.05, 3.63) is 77.6 Å². The zero-order chi connectivity index (χ0) is 21.8. The average Bonchev–Trinajstić information content (AvgIpc) is 2.80. The lowest BCUT2D eigenvalue weighted by Gasteiger charge is -2.32. The minimum Gasteiger partial charge on any atom is -0.349 e. The molecule has 1 fully saturated rings. The van der Waals surface area contributed by atoms with Gasteiger partial charge in [0.05, 0.1) is 6.04 Å². The van der Waals surface area contributed by atoms with Gasteiger partial charge in [-0.05, 0) is 44.7 Å². The van der Waals surface area contributed by atoms with Gasteiger partial charge in [0.15, 0.2) is 0 Å². The molecule has 160 valence electrons. The molecule has 1 aromatic heterocycles. The number of amides is 1. The number of aryl methyl sites for hydroxylation is 2. The van der Waals surface area contributed by atoms with Gasteiger partial charge >= 0.3 is 0 Å². The van der Waals surface area contributed by atoms with Crippen molar-refractivity contribution in [3.8, 4) is 11.1 Å². The smallest absolute Gasteiger partial charge is 0.225 e. The highest BCUT2D eigenvalue weighted by atomic mass is 16.1. The maximum absolute atomic E-state index is 12.8. The minimum absolute atomic E-state index is 0.0173. The molecule has 4 rings (SSSR count). The summed E-state index contributed by atoms with van der Waals surface area (Å²) < 4.78 is 0. The molecule has 1 saturated heterocycles. The highest BCUT2D eigenvalue weighted by Gasteiger charge is 2.27. The van der Waals surface area contributed by atoms with E-state index in [0.717, 1.165) is 48.6 Å². The highest BCUT2D eigenvalue weighted by molar-refractivity contribution is 5.79. The van der Waals surface area contributed by atoms with Crippen LogP contribution in [0.4, 0.5) is 5.95 Å². The Balaban J connectivity index is 1.32. The zero-order valence-corrected chi connectivity index (χ0v) is 18.5. The van der Waals surface area contributed by atoms with Crippen LogP contribution in [0.15, 0.2) is 60.9 Å². The van der Waals surface area contributed by atoms with Crippen LogP contribution in [0.5, 0.6) is 0 Å². The summed E-state index contributed by atoms with van der Waals surface area (Å²) in [4.78, 5) is 24.1. The number of benzene rings is 2. The predicted octanol–water partition coefficient (Wildman–Crippen LogP) is 4.85. The highest BCUT2D eigenvalue weighted by Crippen LogP contribution is 2.24. The van der Waals surface area contributed by atoms with Crippen molar-refractivity contribution >= 4 is 11.9 Å². The van der Waals surface area contributed by atoms with Gasteiger partial charge < -0.3 is 10.2 Å². The van der Waals surface area contributed by atoms with Crippen molar-refractivity contribution in [3.63, 3.8) is 0 Å². The number of carbonyl (C=O) groups excluding carboxylic acids is 1. The van der Waals surface area contributed by atoms with E-state index in [4.69, 9.17) is 0 Å². The normalized spacial score (nSPS) is 15.5. The summed E-state index contributed by atoms with van der Waals surface area (Å²) >= 11 is 0. The standard InChI is InChI=1S/C26H30N4O/c1-18-7-9-21(10-8-18)20(3)29-25(31)22-11-13-30(14-12-22)26-27-16-24(17-28-26)23-6-4-5-19(2)15-23/h4-10,15-17,20,22H,11-14H2,1-3H3,(H,29,31). The second-order valence-corrected chi connectivity index (χ2v) is 8.54. The number of nitrogens with zero attached hydrogens (tertiary/aromatic N) is 3. The molecule has 1 amide bonds. The first-order valence-electron chi connectivity index (χ1n) is 11.0. The number of anilines is 1. The van der Waals surface area contributed by atoms with Gasteiger partial charge in [0.25, 0.3) is 0 Å². The van der Waals surface area contributed by atoms with Crippen LogP contribution in [0, 0.1) is 19.8 Å². The van der Waals surface area contributed by atoms with Crippen LogP contribution in [0.1, 0.15) is 42.5 Å². The molecule has 0 bridgehead atoms. The summed E-state index contributed by atoms with van der Waals surface area (Å²) in [7, 11) is 0. The quantitative estimate of drug-likeness (QED) is 0.648. The first-order chi connectivity index (χ1) is 15.0. The molecule has 1 N–H and O–H groups in total. The largest absolute Gasteiger partial charge is 0.349 e. The summed E-state index contributed by atoms with van der Waals surface area (Å²) in [6.07, 6.45) is 5.41. The van der Waals surface area contributed by atoms with Gasteiger partial charge in [-0.3, -0.25) is 4.79 Å². The maximum Gasteiger partial charge on any atom is 0.225 e. The van der Waals surface area contributed by atoms with E-state index in [2.05, 4.69) is 76.5 Å². The summed E-state index contributed by atoms with van der Waals surface area (Å²) in [5.41, 5.74) is 5.73. The van der Waals surface area contributed by atoms with E-state index in [0.29, 0.717) is 0 Å². The number of hydrogen-bond acceptors (Lipinski definition) is 4. The first-order valence-corrected chi connectivity index (χ1v) is 11.0. The van der Waals surface area contributed by atoms with Crippen LogP contribution in [-0.4, -0.2) is 29.0 Å². The fraction of sp³-hybridized carbons (Fsp3) is 0.346. The van der Waals surface area contributed by atoms with E-state index in [1.54, 1.807) is 0 Å². The van der Waals surface area contributed by atoms with E-state index >= 15 is 0 Å². The van der Waals surface area contributed by atoms with E-state index in [9.17, 15) is 4.79 Å². The first kappa shape index (κ1) is 21.0. The fourth-order valence-corrected chi connectivity index (χ4v) is 4.07. The lowest BCUT2D eigenvalue weighted by Crippen LogP contribution is -2.41. The van der Waals surface area contributed by atoms with E-state index < -0.39 is 0 Å². The topological polar surface area (TPSA) is 58.1 Å². The second kappa shape index (κ2) is 9.29. The molecule has 2 aromatic carbocycles. The Bertz CT molecular complexity index is 1020. The third-order valence-corrected chi connectivity index (χ3v) is 6.07. The molecule has 5 heteroatoms. The monoisotopic (exact) mass is 414 g/mol. The van der Waals surface area contributed by atoms with Crippen LogP contribution in [-0.2, 0) is 4.79 Å². The van der Waals surface area contributed by atoms with Crippen molar-refractivity contribution in [1.29, 1.82) is 0 Å². The summed E-state index contributed by atoms with van der Waals surface area (Å²) in [6, 6.07) is 16.7. The molecule has 0 spiro atoms. The molecular weight excluding hydrogens is 384 g/mol. The van der Waals surface area contributed by atoms with Crippen LogP contribution < -0.4 is 10.2 Å². The fourth-order valence-electron chi connectivity index (χ4n) is 4.07. The summed E-state index contributed by atoms with van der Waals surface area (Å²) in [6.45, 7) is 7.78. The van der Waals surface area contributed by atoms with E-state index in [1.165, 1.54) is 11.1 Å². The third kappa shape index (κ3) is 5.10. The Hall–Kier alpha value is -3.21. The van der Waals surface area contributed by atoms with Gasteiger partial charge in [0, 0.05) is 37.0 Å². The number of rotatable bonds is 5. The number of nitrogens with one attached hydrogen (secondary N) is 1. The number of piperidine rings is 1. The predicted molar refractivity (Wildman–Crippen MR) is 125 cm³/mol. The van der Waals surface area contributed by atoms with Crippen LogP contribution in [0.2, 0.25) is 0 Å². The van der Waals surface area contributed by atoms with Gasteiger partial charge in [-0.2, -0.15) is 0 Å². The van der Waals surface area contributed by atoms with Crippen molar-refractivity contribution in [1.82, 2.24) is 15.3 Å². The Kier molecular flexibility index (Phi) is 6.31. The van der Waals surface area contributed by atoms with Crippen molar-refractivity contribution in [2.24, 2.45) is 5.92 Å². The van der Waals surface area contributed by atoms with Gasteiger partial charge in [-0.25, -0.2) is 9.97 Å². The average molecular weight is 415 g/mol. The lowest BCUT2D eigenvalue weighted by molar-refractivity contribution is -0.126. The number of carbonyl (C=O) groups is 1. The minimum atomic E-state index is 0.0173. The maximum atomic E-state index is 12.8. The molecular formula is C26H30N4O. The SMILES string of the molecule is Cc1ccc(C(C)NC(=O)C2CCN(c3ncc(-c4cccc(C)c4)cn3)CC2)cc1. The summed E-state index contributed by atoms with van der Waals surface area (Å²) in [5, 5.41) is 3.18. The van der Waals surface area contributed by atoms with Crippen LogP contribution in [0.25, 0.3) is 11.1 Å². The number of aromatic nitrogens is 2. The molecule has 0 radical (unpaired) electrons. The Morgan fingerprint density at radius 2 is 1.65 bits per heavy atom. The molecule has 1 aliphatic rings. The molecule has 1 atom stereocenters. The number of hydrogen-bond donors (Lipinski definition) is 1. The molecule has 5 nitrogen and oxygen atoms in total. The van der Waals surface area contributed by atoms with Gasteiger partial charge in [0.2, 0.25) is 11.9 Å². The lowest BCUT2D eigenvalue weighted by atomic mass is 9.95. The molecule has 0 saturated carbocycles. The molecule has 1 aliphatic heterocycles. The Morgan fingerprint density at radius 3 is 2.29 bits per heavy atom. The Morgan fingerprint density at radius 1 is 0.968 bits per heavy atom. The zero-order valence-electron chi connectivity index (χ0n) is 18.5. The van der Waals surface area contributed by atoms with Crippen LogP contribution in [0.3, 0.4) is 0 Å². The van der Waals surface area contributed by atoms with Crippen LogP contribution >= 0.6 is 0 Å². The van der Waals surface area contributed by atoms with Crippen molar-refractivity contribution in [2.45, 2.75) is 39.7 Å².